The van der Waals surface area contributed by atoms with Gasteiger partial charge in [0.15, 0.2) is 17.6 Å². The van der Waals surface area contributed by atoms with Gasteiger partial charge in [-0.3, -0.25) is 0 Å². The summed E-state index contributed by atoms with van der Waals surface area (Å²) in [6, 6.07) is 29.5. The Morgan fingerprint density at radius 3 is 2.02 bits per heavy atom. The molecule has 0 fully saturated rings. The molecule has 42 heavy (non-hydrogen) atoms. The molecule has 0 bridgehead atoms. The number of nitrogens with zero attached hydrogens (tertiary/aromatic N) is 4. The van der Waals surface area contributed by atoms with E-state index in [1.54, 1.807) is 4.57 Å². The van der Waals surface area contributed by atoms with Gasteiger partial charge in [-0.2, -0.15) is 0 Å². The van der Waals surface area contributed by atoms with Crippen molar-refractivity contribution in [2.24, 2.45) is 0 Å². The van der Waals surface area contributed by atoms with Crippen LogP contribution in [0.15, 0.2) is 115 Å². The standard InChI is InChI=1S/C33H32FN5O3/c1-2-40-22-41-30-23(18-27(28(30)34)39-21-38-29-31(35)36-20-37-32(29)39)19-42-33(24-12-6-3-7-13-24,25-14-8-4-9-15-25)26-16-10-5-11-17-26/h3-18,20-21,27-28,30H,2,19,22H2,1H3,(H2,35,36,37)/t27-,28?,30+/m1/s1. The van der Waals surface area contributed by atoms with E-state index in [0.29, 0.717) is 23.3 Å². The second-order valence-electron chi connectivity index (χ2n) is 10.0. The molecule has 1 unspecified atom stereocenters. The number of fused-ring (bicyclic) bond motifs is 1. The van der Waals surface area contributed by atoms with Gasteiger partial charge in [0, 0.05) is 6.61 Å². The summed E-state index contributed by atoms with van der Waals surface area (Å²) in [4.78, 5) is 12.7. The van der Waals surface area contributed by atoms with Crippen LogP contribution in [0.25, 0.3) is 11.2 Å². The highest BCUT2D eigenvalue weighted by atomic mass is 19.1. The van der Waals surface area contributed by atoms with Gasteiger partial charge in [-0.25, -0.2) is 19.3 Å². The third-order valence-electron chi connectivity index (χ3n) is 7.61. The Balaban J connectivity index is 1.42. The fraction of sp³-hybridized carbons (Fsp3) is 0.242. The van der Waals surface area contributed by atoms with Gasteiger partial charge in [-0.05, 0) is 29.2 Å². The first-order chi connectivity index (χ1) is 20.6. The van der Waals surface area contributed by atoms with Gasteiger partial charge in [-0.1, -0.05) is 97.1 Å². The molecule has 8 nitrogen and oxygen atoms in total. The minimum absolute atomic E-state index is 0.0490. The van der Waals surface area contributed by atoms with Crippen LogP contribution in [0.2, 0.25) is 0 Å². The lowest BCUT2D eigenvalue weighted by atomic mass is 9.80. The zero-order valence-corrected chi connectivity index (χ0v) is 23.2. The Morgan fingerprint density at radius 2 is 1.45 bits per heavy atom. The number of nitrogens with two attached hydrogens (primary N) is 1. The van der Waals surface area contributed by atoms with Crippen LogP contribution in [-0.2, 0) is 19.8 Å². The molecular formula is C33H32FN5O3. The first-order valence-corrected chi connectivity index (χ1v) is 13.9. The first kappa shape index (κ1) is 27.7. The van der Waals surface area contributed by atoms with Crippen LogP contribution in [0.4, 0.5) is 10.2 Å². The van der Waals surface area contributed by atoms with Gasteiger partial charge >= 0.3 is 0 Å². The lowest BCUT2D eigenvalue weighted by molar-refractivity contribution is -0.0991. The minimum Gasteiger partial charge on any atom is -0.382 e. The van der Waals surface area contributed by atoms with Crippen LogP contribution in [0, 0.1) is 0 Å². The van der Waals surface area contributed by atoms with Gasteiger partial charge in [0.25, 0.3) is 0 Å². The quantitative estimate of drug-likeness (QED) is 0.0962. The van der Waals surface area contributed by atoms with E-state index in [1.807, 2.05) is 67.6 Å². The molecule has 2 heterocycles. The van der Waals surface area contributed by atoms with E-state index in [-0.39, 0.29) is 19.2 Å². The fourth-order valence-corrected chi connectivity index (χ4v) is 5.61. The van der Waals surface area contributed by atoms with Crippen molar-refractivity contribution in [3.63, 3.8) is 0 Å². The van der Waals surface area contributed by atoms with Crippen molar-refractivity contribution in [2.45, 2.75) is 30.8 Å². The molecule has 214 valence electrons. The van der Waals surface area contributed by atoms with Crippen LogP contribution < -0.4 is 5.73 Å². The molecule has 9 heteroatoms. The monoisotopic (exact) mass is 565 g/mol. The second-order valence-corrected chi connectivity index (χ2v) is 10.0. The highest BCUT2D eigenvalue weighted by Gasteiger charge is 2.43. The fourth-order valence-electron chi connectivity index (χ4n) is 5.61. The number of nitrogen functional groups attached to an aromatic ring is 1. The van der Waals surface area contributed by atoms with Crippen LogP contribution >= 0.6 is 0 Å². The lowest BCUT2D eigenvalue weighted by Gasteiger charge is -2.36. The largest absolute Gasteiger partial charge is 0.382 e. The summed E-state index contributed by atoms with van der Waals surface area (Å²) in [5.74, 6) is 0.238. The van der Waals surface area contributed by atoms with Crippen molar-refractivity contribution in [2.75, 3.05) is 25.7 Å². The third-order valence-corrected chi connectivity index (χ3v) is 7.61. The normalized spacial score (nSPS) is 18.8. The molecular weight excluding hydrogens is 533 g/mol. The van der Waals surface area contributed by atoms with Gasteiger partial charge < -0.3 is 24.5 Å². The molecule has 0 amide bonds. The SMILES string of the molecule is CCOCO[C@H]1C(COC(c2ccccc2)(c2ccccc2)c2ccccc2)=C[C@@H](n2cnc3c(N)ncnc32)C1F. The zero-order valence-electron chi connectivity index (χ0n) is 23.2. The Morgan fingerprint density at radius 1 is 0.857 bits per heavy atom. The van der Waals surface area contributed by atoms with Gasteiger partial charge in [0.2, 0.25) is 0 Å². The molecule has 2 N–H and O–H groups in total. The number of allylic oxidation sites excluding steroid dienone is 1. The number of imidazole rings is 1. The number of alkyl halides is 1. The molecule has 0 saturated carbocycles. The highest BCUT2D eigenvalue weighted by molar-refractivity contribution is 5.81. The predicted octanol–water partition coefficient (Wildman–Crippen LogP) is 5.62. The van der Waals surface area contributed by atoms with E-state index in [1.165, 1.54) is 12.7 Å². The van der Waals surface area contributed by atoms with Crippen molar-refractivity contribution in [1.29, 1.82) is 0 Å². The van der Waals surface area contributed by atoms with Crippen LogP contribution in [0.5, 0.6) is 0 Å². The van der Waals surface area contributed by atoms with Crippen LogP contribution in [0.3, 0.4) is 0 Å². The summed E-state index contributed by atoms with van der Waals surface area (Å²) >= 11 is 0. The summed E-state index contributed by atoms with van der Waals surface area (Å²) in [6.07, 6.45) is 2.38. The van der Waals surface area contributed by atoms with Gasteiger partial charge in [0.1, 0.15) is 30.3 Å². The maximum atomic E-state index is 16.3. The molecule has 1 aliphatic rings. The van der Waals surface area contributed by atoms with Crippen molar-refractivity contribution in [1.82, 2.24) is 19.5 Å². The second kappa shape index (κ2) is 12.2. The number of benzene rings is 3. The topological polar surface area (TPSA) is 97.3 Å². The van der Waals surface area contributed by atoms with Crippen molar-refractivity contribution < 1.29 is 18.6 Å². The number of halogens is 1. The molecule has 2 aromatic heterocycles. The summed E-state index contributed by atoms with van der Waals surface area (Å²) in [6.45, 7) is 2.36. The first-order valence-electron chi connectivity index (χ1n) is 13.9. The molecule has 0 saturated heterocycles. The minimum atomic E-state index is -1.45. The summed E-state index contributed by atoms with van der Waals surface area (Å²) < 4.78 is 36.4. The summed E-state index contributed by atoms with van der Waals surface area (Å²) in [7, 11) is 0. The summed E-state index contributed by atoms with van der Waals surface area (Å²) in [5, 5.41) is 0. The van der Waals surface area contributed by atoms with E-state index < -0.39 is 23.9 Å². The van der Waals surface area contributed by atoms with E-state index >= 15 is 4.39 Å². The Hall–Kier alpha value is -4.44. The maximum Gasteiger partial charge on any atom is 0.166 e. The van der Waals surface area contributed by atoms with Crippen molar-refractivity contribution in [3.05, 3.63) is 132 Å². The molecule has 0 aliphatic heterocycles. The van der Waals surface area contributed by atoms with Gasteiger partial charge in [-0.15, -0.1) is 0 Å². The summed E-state index contributed by atoms with van der Waals surface area (Å²) in [5.41, 5.74) is 9.42. The molecule has 3 aromatic carbocycles. The number of rotatable bonds is 11. The van der Waals surface area contributed by atoms with Crippen LogP contribution in [-0.4, -0.2) is 51.8 Å². The van der Waals surface area contributed by atoms with Crippen molar-refractivity contribution in [3.8, 4) is 0 Å². The lowest BCUT2D eigenvalue weighted by Crippen LogP contribution is -2.36. The van der Waals surface area contributed by atoms with Gasteiger partial charge in [0.05, 0.1) is 19.0 Å². The van der Waals surface area contributed by atoms with E-state index in [4.69, 9.17) is 19.9 Å². The van der Waals surface area contributed by atoms with E-state index in [2.05, 4.69) is 51.4 Å². The molecule has 0 spiro atoms. The number of ether oxygens (including phenoxy) is 3. The Labute approximate surface area is 243 Å². The Kier molecular flexibility index (Phi) is 8.05. The van der Waals surface area contributed by atoms with E-state index in [9.17, 15) is 0 Å². The molecule has 6 rings (SSSR count). The molecule has 3 atom stereocenters. The third kappa shape index (κ3) is 5.07. The average Bonchev–Trinajstić information content (AvgIpc) is 3.61. The molecule has 1 aliphatic carbocycles. The average molecular weight is 566 g/mol. The number of hydrogen-bond acceptors (Lipinski definition) is 7. The zero-order chi connectivity index (χ0) is 28.9. The van der Waals surface area contributed by atoms with E-state index in [0.717, 1.165) is 16.7 Å². The van der Waals surface area contributed by atoms with Crippen LogP contribution in [0.1, 0.15) is 29.7 Å². The predicted molar refractivity (Wildman–Crippen MR) is 158 cm³/mol. The Bertz CT molecular complexity index is 1550. The van der Waals surface area contributed by atoms with Crippen molar-refractivity contribution >= 4 is 17.0 Å². The smallest absolute Gasteiger partial charge is 0.166 e. The molecule has 0 radical (unpaired) electrons. The number of anilines is 1. The number of aromatic nitrogens is 4. The highest BCUT2D eigenvalue weighted by Crippen LogP contribution is 2.43. The maximum absolute atomic E-state index is 16.3. The number of hydrogen-bond donors (Lipinski definition) is 1. The molecule has 5 aromatic rings.